The number of rotatable bonds is 16. The van der Waals surface area contributed by atoms with Gasteiger partial charge in [-0.2, -0.15) is 5.26 Å². The summed E-state index contributed by atoms with van der Waals surface area (Å²) in [5, 5.41) is 9.23. The van der Waals surface area contributed by atoms with Crippen molar-refractivity contribution in [3.05, 3.63) is 260 Å². The maximum atomic E-state index is 15.1. The molecule has 15 rings (SSSR count). The fourth-order valence-electron chi connectivity index (χ4n) is 18.3. The van der Waals surface area contributed by atoms with Crippen LogP contribution in [0.25, 0.3) is 55.6 Å². The molecule has 117 heavy (non-hydrogen) atoms. The minimum absolute atomic E-state index is 0.0458. The molecule has 5 aliphatic carbocycles. The molecular formula is C108H132F2N6O. The van der Waals surface area contributed by atoms with Crippen LogP contribution in [0.4, 0.5) is 8.78 Å². The summed E-state index contributed by atoms with van der Waals surface area (Å²) in [7, 11) is 1.59. The number of nitriles is 1. The van der Waals surface area contributed by atoms with Crippen molar-refractivity contribution in [1.29, 1.82) is 5.26 Å². The fourth-order valence-corrected chi connectivity index (χ4v) is 18.3. The number of pyridine rings is 5. The monoisotopic (exact) mass is 1570 g/mol. The van der Waals surface area contributed by atoms with Crippen LogP contribution in [0.5, 0.6) is 5.88 Å². The minimum Gasteiger partial charge on any atom is -0.481 e. The summed E-state index contributed by atoms with van der Waals surface area (Å²) in [5.41, 5.74) is 31.3. The number of halogens is 2. The fraction of sp³-hybridized carbons (Fsp3) is 0.463. The first-order valence-corrected chi connectivity index (χ1v) is 43.3. The summed E-state index contributed by atoms with van der Waals surface area (Å²) in [5.74, 6) is 9.45. The predicted octanol–water partition coefficient (Wildman–Crippen LogP) is 29.2. The van der Waals surface area contributed by atoms with Crippen LogP contribution in [-0.4, -0.2) is 32.0 Å². The third kappa shape index (κ3) is 21.9. The van der Waals surface area contributed by atoms with Crippen molar-refractivity contribution < 1.29 is 13.5 Å². The van der Waals surface area contributed by atoms with Gasteiger partial charge in [0.1, 0.15) is 23.4 Å². The maximum Gasteiger partial charge on any atom is 0.213 e. The first-order chi connectivity index (χ1) is 55.1. The van der Waals surface area contributed by atoms with E-state index in [9.17, 15) is 9.65 Å². The second kappa shape index (κ2) is 36.0. The molecular weight excluding hydrogens is 1440 g/mol. The molecule has 5 aromatic carbocycles. The summed E-state index contributed by atoms with van der Waals surface area (Å²) in [6.45, 7) is 54.2. The van der Waals surface area contributed by atoms with Gasteiger partial charge < -0.3 is 4.74 Å². The van der Waals surface area contributed by atoms with Crippen molar-refractivity contribution in [2.75, 3.05) is 7.11 Å². The molecule has 5 aliphatic rings. The Kier molecular flexibility index (Phi) is 27.2. The van der Waals surface area contributed by atoms with Crippen molar-refractivity contribution in [3.63, 3.8) is 0 Å². The van der Waals surface area contributed by atoms with Crippen LogP contribution >= 0.6 is 0 Å². The molecule has 9 heteroatoms. The summed E-state index contributed by atoms with van der Waals surface area (Å²) < 4.78 is 34.7. The molecule has 7 nitrogen and oxygen atoms in total. The van der Waals surface area contributed by atoms with Crippen molar-refractivity contribution in [2.24, 2.45) is 29.6 Å². The Morgan fingerprint density at radius 1 is 0.376 bits per heavy atom. The van der Waals surface area contributed by atoms with E-state index in [2.05, 4.69) is 264 Å². The van der Waals surface area contributed by atoms with E-state index in [1.807, 2.05) is 61.3 Å². The summed E-state index contributed by atoms with van der Waals surface area (Å²) in [6, 6.07) is 39.5. The third-order valence-corrected chi connectivity index (χ3v) is 25.0. The van der Waals surface area contributed by atoms with Gasteiger partial charge in [0, 0.05) is 61.2 Å². The van der Waals surface area contributed by atoms with E-state index in [0.717, 1.165) is 62.3 Å². The Morgan fingerprint density at radius 3 is 1.20 bits per heavy atom. The van der Waals surface area contributed by atoms with E-state index in [1.54, 1.807) is 55.0 Å². The SMILES string of the molecule is C#Cc1cc(-c2cc(F)cc(C(C)C3CC3)c2C(C)(C)C)ccn1.COc1cc(-c2cc(F)c(C(C)(C)C)c(C(C)C3CC3)c2)ccn1.Cc1cc(-c2ccncc2)c(C(C)(C)C)c(C(C)C2CC2)c1.Cc1cc(-c2ccncc2C)c(C(C)(C)C)c(C(C)C2CC2)c1.Cc1cc(-c2cncc(C#N)c2)c(C(C)(C)C)c(C(C)C2CC2)c1. The molecule has 0 bridgehead atoms. The van der Waals surface area contributed by atoms with Crippen molar-refractivity contribution in [2.45, 2.75) is 287 Å². The van der Waals surface area contributed by atoms with Gasteiger partial charge in [-0.1, -0.05) is 204 Å². The third-order valence-electron chi connectivity index (χ3n) is 25.0. The summed E-state index contributed by atoms with van der Waals surface area (Å²) in [4.78, 5) is 21.1. The Balaban J connectivity index is 0.000000144. The lowest BCUT2D eigenvalue weighted by molar-refractivity contribution is 0.398. The lowest BCUT2D eigenvalue weighted by Crippen LogP contribution is -2.18. The molecule has 0 spiro atoms. The summed E-state index contributed by atoms with van der Waals surface area (Å²) >= 11 is 0. The highest BCUT2D eigenvalue weighted by molar-refractivity contribution is 5.77. The normalized spacial score (nSPS) is 16.1. The number of methoxy groups -OCH3 is 1. The quantitative estimate of drug-likeness (QED) is 0.0889. The molecule has 5 heterocycles. The van der Waals surface area contributed by atoms with Crippen molar-refractivity contribution in [1.82, 2.24) is 24.9 Å². The van der Waals surface area contributed by atoms with Crippen LogP contribution < -0.4 is 4.74 Å². The van der Waals surface area contributed by atoms with Gasteiger partial charge in [-0.15, -0.1) is 6.42 Å². The Labute approximate surface area is 702 Å². The van der Waals surface area contributed by atoms with E-state index >= 15 is 4.39 Å². The molecule has 5 unspecified atom stereocenters. The van der Waals surface area contributed by atoms with E-state index in [1.165, 1.54) is 142 Å². The van der Waals surface area contributed by atoms with Crippen LogP contribution in [0.3, 0.4) is 0 Å². The number of ether oxygens (including phenoxy) is 1. The van der Waals surface area contributed by atoms with Gasteiger partial charge >= 0.3 is 0 Å². The molecule has 0 amide bonds. The second-order valence-electron chi connectivity index (χ2n) is 40.2. The van der Waals surface area contributed by atoms with Gasteiger partial charge in [-0.05, 0) is 350 Å². The van der Waals surface area contributed by atoms with Gasteiger partial charge in [0.2, 0.25) is 5.88 Å². The number of aryl methyl sites for hydroxylation is 4. The van der Waals surface area contributed by atoms with Crippen LogP contribution in [-0.2, 0) is 27.1 Å². The van der Waals surface area contributed by atoms with Gasteiger partial charge in [0.15, 0.2) is 0 Å². The highest BCUT2D eigenvalue weighted by Crippen LogP contribution is 2.54. The Hall–Kier alpha value is -9.44. The average Bonchev–Trinajstić information content (AvgIpc) is 1.76. The molecule has 0 aliphatic heterocycles. The van der Waals surface area contributed by atoms with Gasteiger partial charge in [-0.3, -0.25) is 15.0 Å². The van der Waals surface area contributed by atoms with Crippen LogP contribution in [0.15, 0.2) is 159 Å². The molecule has 10 aromatic rings. The largest absolute Gasteiger partial charge is 0.481 e. The van der Waals surface area contributed by atoms with E-state index in [4.69, 9.17) is 11.2 Å². The molecule has 0 radical (unpaired) electrons. The topological polar surface area (TPSA) is 97.5 Å². The first-order valence-electron chi connectivity index (χ1n) is 43.3. The maximum absolute atomic E-state index is 15.1. The minimum atomic E-state index is -0.211. The van der Waals surface area contributed by atoms with Gasteiger partial charge in [0.25, 0.3) is 0 Å². The number of terminal acetylenes is 1. The number of hydrogen-bond acceptors (Lipinski definition) is 7. The molecule has 0 saturated heterocycles. The molecule has 0 N–H and O–H groups in total. The first kappa shape index (κ1) is 88.4. The molecule has 614 valence electrons. The predicted molar refractivity (Wildman–Crippen MR) is 486 cm³/mol. The van der Waals surface area contributed by atoms with E-state index in [-0.39, 0.29) is 38.7 Å². The standard InChI is InChI=1S/C22H24FN.C22H26N2.C22H29N.C21H26FNO.C21H27N/c1-6-18-11-16(9-10-24-18)20-13-17(23)12-19(14(2)15-7-8-15)21(20)22(3,4)5;1-14-8-19(15(2)17-6-7-17)21(22(3,4)5)20(9-14)18-10-16(11-23)12-24-13-18;1-14-11-19(16(3)17-7-8-17)21(22(4,5)6)20(12-14)18-9-10-23-13-15(18)2;1-13(14-6-7-14)17-10-16(11-18(22)20(17)21(2,3)4)15-8-9-23-19(12-15)24-5;1-14-12-18(15(2)16-6-7-16)20(21(3,4)5)19(13-14)17-8-10-22-11-9-17/h1,9-15H,7-8H2,2-5H3;8-10,12-13,15,17H,6-7H2,1-5H3;9-13,16-17H,7-8H2,1-6H3;8-14H,6-7H2,1-5H3;8-13,15-16H,6-7H2,1-5H3. The Morgan fingerprint density at radius 2 is 0.769 bits per heavy atom. The zero-order chi connectivity index (χ0) is 85.1. The van der Waals surface area contributed by atoms with Crippen LogP contribution in [0.1, 0.15) is 321 Å². The zero-order valence-corrected chi connectivity index (χ0v) is 75.3. The van der Waals surface area contributed by atoms with Crippen LogP contribution in [0, 0.1) is 92.6 Å². The number of hydrogen-bond donors (Lipinski definition) is 0. The highest BCUT2D eigenvalue weighted by Gasteiger charge is 2.40. The highest BCUT2D eigenvalue weighted by atomic mass is 19.1. The Bertz CT molecular complexity index is 5110. The molecule has 5 saturated carbocycles. The van der Waals surface area contributed by atoms with Crippen molar-refractivity contribution >= 4 is 0 Å². The lowest BCUT2D eigenvalue weighted by atomic mass is 9.74. The van der Waals surface area contributed by atoms with Crippen LogP contribution in [0.2, 0.25) is 0 Å². The molecule has 5 aromatic heterocycles. The van der Waals surface area contributed by atoms with E-state index < -0.39 is 0 Å². The zero-order valence-electron chi connectivity index (χ0n) is 75.3. The second-order valence-corrected chi connectivity index (χ2v) is 40.2. The van der Waals surface area contributed by atoms with Gasteiger partial charge in [-0.25, -0.2) is 18.7 Å². The summed E-state index contributed by atoms with van der Waals surface area (Å²) in [6.07, 6.45) is 33.3. The number of nitrogens with zero attached hydrogens (tertiary/aromatic N) is 6. The van der Waals surface area contributed by atoms with Crippen molar-refractivity contribution in [3.8, 4) is 79.9 Å². The van der Waals surface area contributed by atoms with Gasteiger partial charge in [0.05, 0.1) is 12.7 Å². The van der Waals surface area contributed by atoms with E-state index in [0.29, 0.717) is 58.6 Å². The number of benzene rings is 5. The molecule has 5 atom stereocenters. The molecule has 5 fully saturated rings. The lowest BCUT2D eigenvalue weighted by Gasteiger charge is -2.30. The number of aromatic nitrogens is 5. The average molecular weight is 1570 g/mol. The smallest absolute Gasteiger partial charge is 0.213 e.